The lowest BCUT2D eigenvalue weighted by atomic mass is 9.87. The van der Waals surface area contributed by atoms with Gasteiger partial charge in [0.1, 0.15) is 0 Å². The quantitative estimate of drug-likeness (QED) is 0.823. The maximum atomic E-state index is 12.1. The predicted octanol–water partition coefficient (Wildman–Crippen LogP) is 3.11. The van der Waals surface area contributed by atoms with E-state index in [1.165, 1.54) is 0 Å². The van der Waals surface area contributed by atoms with E-state index < -0.39 is 6.04 Å². The molecule has 0 saturated heterocycles. The number of thioether (sulfide) groups is 1. The van der Waals surface area contributed by atoms with Gasteiger partial charge in [0.25, 0.3) is 0 Å². The maximum absolute atomic E-state index is 12.1. The third-order valence-electron chi connectivity index (χ3n) is 2.66. The molecule has 0 bridgehead atoms. The molecule has 1 aromatic rings. The molecular weight excluding hydrogens is 244 g/mol. The topological polar surface area (TPSA) is 55.1 Å². The van der Waals surface area contributed by atoms with E-state index in [1.807, 2.05) is 45.0 Å². The van der Waals surface area contributed by atoms with Crippen molar-refractivity contribution in [2.45, 2.75) is 38.6 Å². The number of carbonyl (C=O) groups is 1. The average molecular weight is 266 g/mol. The van der Waals surface area contributed by atoms with Gasteiger partial charge < -0.3 is 11.1 Å². The molecule has 0 aliphatic heterocycles. The zero-order chi connectivity index (χ0) is 13.8. The van der Waals surface area contributed by atoms with Crippen molar-refractivity contribution in [2.24, 2.45) is 11.1 Å². The summed E-state index contributed by atoms with van der Waals surface area (Å²) >= 11 is 1.71. The smallest absolute Gasteiger partial charge is 0.241 e. The van der Waals surface area contributed by atoms with Gasteiger partial charge in [0.2, 0.25) is 5.91 Å². The second-order valence-electron chi connectivity index (χ2n) is 5.26. The Kier molecular flexibility index (Phi) is 5.23. The molecule has 0 aliphatic rings. The van der Waals surface area contributed by atoms with Gasteiger partial charge in [-0.25, -0.2) is 0 Å². The number of hydrogen-bond acceptors (Lipinski definition) is 3. The Bertz CT molecular complexity index is 413. The first-order valence-corrected chi connectivity index (χ1v) is 7.13. The minimum Gasteiger partial charge on any atom is -0.324 e. The Labute approximate surface area is 114 Å². The van der Waals surface area contributed by atoms with Crippen LogP contribution in [0.15, 0.2) is 29.2 Å². The molecule has 0 heterocycles. The minimum absolute atomic E-state index is 0.133. The van der Waals surface area contributed by atoms with Gasteiger partial charge in [-0.3, -0.25) is 4.79 Å². The second kappa shape index (κ2) is 6.25. The van der Waals surface area contributed by atoms with Gasteiger partial charge in [0.15, 0.2) is 0 Å². The van der Waals surface area contributed by atoms with Crippen LogP contribution in [0.2, 0.25) is 0 Å². The number of nitrogens with one attached hydrogen (secondary N) is 1. The molecule has 0 aromatic heterocycles. The first kappa shape index (κ1) is 15.1. The molecule has 0 saturated carbocycles. The number of anilines is 1. The van der Waals surface area contributed by atoms with Crippen molar-refractivity contribution in [1.29, 1.82) is 0 Å². The Morgan fingerprint density at radius 3 is 2.56 bits per heavy atom. The van der Waals surface area contributed by atoms with Gasteiger partial charge in [-0.15, -0.1) is 11.8 Å². The molecule has 1 atom stereocenters. The number of amides is 1. The maximum Gasteiger partial charge on any atom is 0.241 e. The van der Waals surface area contributed by atoms with Crippen molar-refractivity contribution < 1.29 is 4.79 Å². The zero-order valence-electron chi connectivity index (χ0n) is 11.5. The van der Waals surface area contributed by atoms with E-state index >= 15 is 0 Å². The van der Waals surface area contributed by atoms with Crippen LogP contribution in [0.3, 0.4) is 0 Å². The van der Waals surface area contributed by atoms with Crippen LogP contribution in [0.1, 0.15) is 27.7 Å². The van der Waals surface area contributed by atoms with E-state index in [1.54, 1.807) is 11.8 Å². The molecule has 0 fully saturated rings. The number of para-hydroxylation sites is 1. The van der Waals surface area contributed by atoms with Crippen LogP contribution >= 0.6 is 11.8 Å². The molecule has 0 spiro atoms. The van der Waals surface area contributed by atoms with Crippen molar-refractivity contribution >= 4 is 23.4 Å². The van der Waals surface area contributed by atoms with Crippen LogP contribution in [-0.4, -0.2) is 17.7 Å². The summed E-state index contributed by atoms with van der Waals surface area (Å²) in [5, 5.41) is 2.92. The SMILES string of the molecule is CCSc1ccccc1NC(=O)[C@@H](N)C(C)(C)C. The number of benzene rings is 1. The molecule has 0 unspecified atom stereocenters. The summed E-state index contributed by atoms with van der Waals surface area (Å²) in [7, 11) is 0. The van der Waals surface area contributed by atoms with Crippen molar-refractivity contribution in [1.82, 2.24) is 0 Å². The Balaban J connectivity index is 2.82. The Hall–Kier alpha value is -1.00. The van der Waals surface area contributed by atoms with Gasteiger partial charge in [-0.05, 0) is 23.3 Å². The Morgan fingerprint density at radius 1 is 1.39 bits per heavy atom. The van der Waals surface area contributed by atoms with E-state index in [0.717, 1.165) is 16.3 Å². The number of carbonyl (C=O) groups excluding carboxylic acids is 1. The summed E-state index contributed by atoms with van der Waals surface area (Å²) in [6, 6.07) is 7.28. The molecule has 0 aliphatic carbocycles. The van der Waals surface area contributed by atoms with E-state index in [9.17, 15) is 4.79 Å². The van der Waals surface area contributed by atoms with E-state index in [0.29, 0.717) is 0 Å². The van der Waals surface area contributed by atoms with Gasteiger partial charge >= 0.3 is 0 Å². The molecule has 1 aromatic carbocycles. The lowest BCUT2D eigenvalue weighted by molar-refractivity contribution is -0.119. The van der Waals surface area contributed by atoms with Gasteiger partial charge in [0, 0.05) is 4.90 Å². The third kappa shape index (κ3) is 4.03. The summed E-state index contributed by atoms with van der Waals surface area (Å²) in [5.74, 6) is 0.838. The first-order valence-electron chi connectivity index (χ1n) is 6.14. The molecule has 4 heteroatoms. The second-order valence-corrected chi connectivity index (χ2v) is 6.57. The highest BCUT2D eigenvalue weighted by Gasteiger charge is 2.27. The third-order valence-corrected chi connectivity index (χ3v) is 3.62. The lowest BCUT2D eigenvalue weighted by Gasteiger charge is -2.26. The summed E-state index contributed by atoms with van der Waals surface area (Å²) < 4.78 is 0. The van der Waals surface area contributed by atoms with E-state index in [2.05, 4.69) is 12.2 Å². The van der Waals surface area contributed by atoms with Crippen LogP contribution in [-0.2, 0) is 4.79 Å². The monoisotopic (exact) mass is 266 g/mol. The fourth-order valence-corrected chi connectivity index (χ4v) is 2.22. The number of hydrogen-bond donors (Lipinski definition) is 2. The van der Waals surface area contributed by atoms with Gasteiger partial charge in [-0.1, -0.05) is 39.8 Å². The van der Waals surface area contributed by atoms with Crippen LogP contribution < -0.4 is 11.1 Å². The number of rotatable bonds is 4. The van der Waals surface area contributed by atoms with Crippen molar-refractivity contribution in [3.05, 3.63) is 24.3 Å². The molecule has 1 amide bonds. The number of nitrogens with two attached hydrogens (primary N) is 1. The highest BCUT2D eigenvalue weighted by molar-refractivity contribution is 7.99. The van der Waals surface area contributed by atoms with Crippen molar-refractivity contribution in [2.75, 3.05) is 11.1 Å². The molecule has 3 N–H and O–H groups in total. The lowest BCUT2D eigenvalue weighted by Crippen LogP contribution is -2.45. The fourth-order valence-electron chi connectivity index (χ4n) is 1.46. The normalized spacial score (nSPS) is 13.2. The molecule has 0 radical (unpaired) electrons. The van der Waals surface area contributed by atoms with Gasteiger partial charge in [0.05, 0.1) is 11.7 Å². The minimum atomic E-state index is -0.516. The van der Waals surface area contributed by atoms with Crippen LogP contribution in [0, 0.1) is 5.41 Å². The van der Waals surface area contributed by atoms with Gasteiger partial charge in [-0.2, -0.15) is 0 Å². The van der Waals surface area contributed by atoms with Crippen LogP contribution in [0.4, 0.5) is 5.69 Å². The highest BCUT2D eigenvalue weighted by atomic mass is 32.2. The summed E-state index contributed by atoms with van der Waals surface area (Å²) in [6.45, 7) is 7.97. The molecular formula is C14H22N2OS. The molecule has 3 nitrogen and oxygen atoms in total. The van der Waals surface area contributed by atoms with E-state index in [4.69, 9.17) is 5.73 Å². The molecule has 100 valence electrons. The predicted molar refractivity (Wildman–Crippen MR) is 78.9 cm³/mol. The van der Waals surface area contributed by atoms with Crippen molar-refractivity contribution in [3.63, 3.8) is 0 Å². The summed E-state index contributed by atoms with van der Waals surface area (Å²) in [5.41, 5.74) is 6.55. The summed E-state index contributed by atoms with van der Waals surface area (Å²) in [4.78, 5) is 13.1. The van der Waals surface area contributed by atoms with Crippen LogP contribution in [0.25, 0.3) is 0 Å². The van der Waals surface area contributed by atoms with E-state index in [-0.39, 0.29) is 11.3 Å². The standard InChI is InChI=1S/C14H22N2OS/c1-5-18-11-9-7-6-8-10(11)16-13(17)12(15)14(2,3)4/h6-9,12H,5,15H2,1-4H3,(H,16,17)/t12-/m1/s1. The first-order chi connectivity index (χ1) is 8.36. The highest BCUT2D eigenvalue weighted by Crippen LogP contribution is 2.27. The zero-order valence-corrected chi connectivity index (χ0v) is 12.3. The fraction of sp³-hybridized carbons (Fsp3) is 0.500. The average Bonchev–Trinajstić information content (AvgIpc) is 2.29. The molecule has 18 heavy (non-hydrogen) atoms. The Morgan fingerprint density at radius 2 is 2.00 bits per heavy atom. The molecule has 1 rings (SSSR count). The summed E-state index contributed by atoms with van der Waals surface area (Å²) in [6.07, 6.45) is 0. The van der Waals surface area contributed by atoms with Crippen molar-refractivity contribution in [3.8, 4) is 0 Å². The largest absolute Gasteiger partial charge is 0.324 e. The van der Waals surface area contributed by atoms with Crippen LogP contribution in [0.5, 0.6) is 0 Å².